The summed E-state index contributed by atoms with van der Waals surface area (Å²) in [6.07, 6.45) is 1.80. The smallest absolute Gasteiger partial charge is 0.416 e. The van der Waals surface area contributed by atoms with Gasteiger partial charge >= 0.3 is 6.09 Å². The van der Waals surface area contributed by atoms with Crippen molar-refractivity contribution < 1.29 is 19.1 Å². The van der Waals surface area contributed by atoms with E-state index >= 15 is 0 Å². The second kappa shape index (κ2) is 10.6. The van der Waals surface area contributed by atoms with Crippen LogP contribution in [0.15, 0.2) is 46.4 Å². The largest absolute Gasteiger partial charge is 0.443 e. The zero-order valence-corrected chi connectivity index (χ0v) is 19.5. The Morgan fingerprint density at radius 1 is 1.44 bits per heavy atom. The zero-order chi connectivity index (χ0) is 24.1. The molecule has 0 fully saturated rings. The standard InChI is InChI=1S/C20H25Cl2FN6O3/c1-5-6-13(23)16(22)12(10-21)11-28-7-8-29(19(30)32-20(2,3)4)18-15(28)9-14(25-26-18)17(24)27-31/h5-6,9,31H,1,7-8,10-11H2,2-4H3,(H2,24,27)/b13-6+,16-12-. The average Bonchev–Trinajstić information content (AvgIpc) is 2.74. The van der Waals surface area contributed by atoms with Crippen LogP contribution in [0.2, 0.25) is 0 Å². The first-order valence-electron chi connectivity index (χ1n) is 9.55. The fourth-order valence-electron chi connectivity index (χ4n) is 2.83. The van der Waals surface area contributed by atoms with Gasteiger partial charge in [-0.15, -0.1) is 21.8 Å². The van der Waals surface area contributed by atoms with Gasteiger partial charge in [-0.2, -0.15) is 0 Å². The summed E-state index contributed by atoms with van der Waals surface area (Å²) in [5.74, 6) is -0.771. The maximum atomic E-state index is 14.2. The monoisotopic (exact) mass is 486 g/mol. The molecule has 9 nitrogen and oxygen atoms in total. The van der Waals surface area contributed by atoms with Gasteiger partial charge in [0.05, 0.1) is 10.7 Å². The van der Waals surface area contributed by atoms with E-state index in [1.54, 1.807) is 25.7 Å². The van der Waals surface area contributed by atoms with E-state index in [-0.39, 0.29) is 41.3 Å². The van der Waals surface area contributed by atoms with Crippen LogP contribution >= 0.6 is 23.2 Å². The topological polar surface area (TPSA) is 117 Å². The van der Waals surface area contributed by atoms with E-state index in [9.17, 15) is 9.18 Å². The third kappa shape index (κ3) is 6.10. The lowest BCUT2D eigenvalue weighted by atomic mass is 10.1. The van der Waals surface area contributed by atoms with Crippen molar-refractivity contribution in [1.29, 1.82) is 0 Å². The third-order valence-corrected chi connectivity index (χ3v) is 5.03. The number of carbonyl (C=O) groups excluding carboxylic acids is 1. The normalized spacial score (nSPS) is 15.8. The molecule has 0 spiro atoms. The molecule has 1 aromatic rings. The molecule has 0 aliphatic carbocycles. The van der Waals surface area contributed by atoms with Crippen LogP contribution in [0.25, 0.3) is 0 Å². The minimum atomic E-state index is -0.715. The molecular formula is C20H25Cl2FN6O3. The first-order valence-corrected chi connectivity index (χ1v) is 10.5. The molecular weight excluding hydrogens is 462 g/mol. The van der Waals surface area contributed by atoms with Crippen molar-refractivity contribution >= 4 is 46.6 Å². The van der Waals surface area contributed by atoms with Crippen molar-refractivity contribution in [3.05, 3.63) is 46.9 Å². The lowest BCUT2D eigenvalue weighted by Gasteiger charge is -2.37. The van der Waals surface area contributed by atoms with Crippen molar-refractivity contribution in [3.8, 4) is 0 Å². The number of ether oxygens (including phenoxy) is 1. The Balaban J connectivity index is 2.51. The quantitative estimate of drug-likeness (QED) is 0.156. The van der Waals surface area contributed by atoms with Crippen LogP contribution in [0.1, 0.15) is 26.5 Å². The number of amidine groups is 1. The molecule has 0 aromatic carbocycles. The number of anilines is 2. The second-order valence-corrected chi connectivity index (χ2v) is 8.42. The summed E-state index contributed by atoms with van der Waals surface area (Å²) in [4.78, 5) is 15.8. The van der Waals surface area contributed by atoms with E-state index in [2.05, 4.69) is 21.9 Å². The van der Waals surface area contributed by atoms with Crippen LogP contribution in [0.3, 0.4) is 0 Å². The molecule has 2 heterocycles. The highest BCUT2D eigenvalue weighted by atomic mass is 35.5. The number of hydrogen-bond donors (Lipinski definition) is 2. The Hall–Kier alpha value is -2.85. The van der Waals surface area contributed by atoms with Crippen LogP contribution in [-0.2, 0) is 4.74 Å². The summed E-state index contributed by atoms with van der Waals surface area (Å²) in [5.41, 5.74) is 5.86. The van der Waals surface area contributed by atoms with Crippen LogP contribution in [0.4, 0.5) is 20.7 Å². The lowest BCUT2D eigenvalue weighted by Crippen LogP contribution is -2.47. The van der Waals surface area contributed by atoms with E-state index in [4.69, 9.17) is 38.9 Å². The average molecular weight is 487 g/mol. The molecule has 1 amide bonds. The van der Waals surface area contributed by atoms with Gasteiger partial charge in [0.2, 0.25) is 0 Å². The van der Waals surface area contributed by atoms with Crippen molar-refractivity contribution in [2.45, 2.75) is 26.4 Å². The Labute approximate surface area is 195 Å². The fourth-order valence-corrected chi connectivity index (χ4v) is 3.31. The molecule has 0 radical (unpaired) electrons. The van der Waals surface area contributed by atoms with E-state index in [1.165, 1.54) is 17.0 Å². The SMILES string of the molecule is C=C/C=C(F)\C(Cl)=C(/CCl)CN1CCN(C(=O)OC(C)(C)C)c2nnc(C(N)=NO)cc21. The maximum Gasteiger partial charge on any atom is 0.416 e. The molecule has 0 unspecified atom stereocenters. The summed E-state index contributed by atoms with van der Waals surface area (Å²) in [6, 6.07) is 1.50. The van der Waals surface area contributed by atoms with Crippen molar-refractivity contribution in [1.82, 2.24) is 10.2 Å². The van der Waals surface area contributed by atoms with Gasteiger partial charge < -0.3 is 20.6 Å². The molecule has 1 aliphatic rings. The molecule has 174 valence electrons. The van der Waals surface area contributed by atoms with Gasteiger partial charge in [0.1, 0.15) is 17.1 Å². The summed E-state index contributed by atoms with van der Waals surface area (Å²) >= 11 is 12.2. The summed E-state index contributed by atoms with van der Waals surface area (Å²) in [7, 11) is 0. The van der Waals surface area contributed by atoms with Crippen LogP contribution in [0, 0.1) is 0 Å². The Bertz CT molecular complexity index is 975. The number of oxime groups is 1. The number of halogens is 3. The molecule has 1 aromatic heterocycles. The Morgan fingerprint density at radius 2 is 2.12 bits per heavy atom. The van der Waals surface area contributed by atoms with Crippen molar-refractivity contribution in [2.75, 3.05) is 35.3 Å². The van der Waals surface area contributed by atoms with Crippen molar-refractivity contribution in [2.24, 2.45) is 10.9 Å². The fraction of sp³-hybridized carbons (Fsp3) is 0.400. The van der Waals surface area contributed by atoms with E-state index in [0.717, 1.165) is 6.08 Å². The van der Waals surface area contributed by atoms with E-state index in [1.807, 2.05) is 0 Å². The number of nitrogens with zero attached hydrogens (tertiary/aromatic N) is 5. The lowest BCUT2D eigenvalue weighted by molar-refractivity contribution is 0.0578. The number of fused-ring (bicyclic) bond motifs is 1. The predicted octanol–water partition coefficient (Wildman–Crippen LogP) is 3.90. The Morgan fingerprint density at radius 3 is 2.69 bits per heavy atom. The highest BCUT2D eigenvalue weighted by molar-refractivity contribution is 6.33. The zero-order valence-electron chi connectivity index (χ0n) is 18.0. The first-order chi connectivity index (χ1) is 15.0. The number of carbonyl (C=O) groups is 1. The van der Waals surface area contributed by atoms with Gasteiger partial charge in [0, 0.05) is 25.5 Å². The van der Waals surface area contributed by atoms with Gasteiger partial charge in [0.25, 0.3) is 0 Å². The van der Waals surface area contributed by atoms with Gasteiger partial charge in [-0.25, -0.2) is 9.18 Å². The van der Waals surface area contributed by atoms with E-state index < -0.39 is 17.5 Å². The molecule has 0 saturated heterocycles. The summed E-state index contributed by atoms with van der Waals surface area (Å²) in [6.45, 7) is 9.38. The number of rotatable bonds is 6. The number of amides is 1. The van der Waals surface area contributed by atoms with Gasteiger partial charge in [-0.3, -0.25) is 4.90 Å². The van der Waals surface area contributed by atoms with E-state index in [0.29, 0.717) is 17.8 Å². The van der Waals surface area contributed by atoms with Crippen molar-refractivity contribution in [3.63, 3.8) is 0 Å². The van der Waals surface area contributed by atoms with Crippen LogP contribution in [0.5, 0.6) is 0 Å². The Kier molecular flexibility index (Phi) is 8.45. The molecule has 32 heavy (non-hydrogen) atoms. The minimum Gasteiger partial charge on any atom is -0.443 e. The second-order valence-electron chi connectivity index (χ2n) is 7.78. The molecule has 12 heteroatoms. The summed E-state index contributed by atoms with van der Waals surface area (Å²) < 4.78 is 19.7. The summed E-state index contributed by atoms with van der Waals surface area (Å²) in [5, 5.41) is 19.8. The molecule has 0 saturated carbocycles. The molecule has 1 aliphatic heterocycles. The number of nitrogens with two attached hydrogens (primary N) is 1. The number of hydrogen-bond acceptors (Lipinski definition) is 7. The first kappa shape index (κ1) is 25.4. The molecule has 3 N–H and O–H groups in total. The predicted molar refractivity (Wildman–Crippen MR) is 123 cm³/mol. The highest BCUT2D eigenvalue weighted by Crippen LogP contribution is 2.34. The molecule has 2 rings (SSSR count). The van der Waals surface area contributed by atoms with Gasteiger partial charge in [-0.05, 0) is 38.5 Å². The van der Waals surface area contributed by atoms with Gasteiger partial charge in [-0.1, -0.05) is 29.4 Å². The van der Waals surface area contributed by atoms with Crippen LogP contribution in [-0.4, -0.2) is 58.4 Å². The molecule has 0 bridgehead atoms. The van der Waals surface area contributed by atoms with Crippen LogP contribution < -0.4 is 15.5 Å². The number of alkyl halides is 1. The number of aromatic nitrogens is 2. The third-order valence-electron chi connectivity index (χ3n) is 4.26. The maximum absolute atomic E-state index is 14.2. The van der Waals surface area contributed by atoms with Gasteiger partial charge in [0.15, 0.2) is 11.7 Å². The molecule has 0 atom stereocenters. The number of allylic oxidation sites excluding steroid dienone is 4. The minimum absolute atomic E-state index is 0.0372. The highest BCUT2D eigenvalue weighted by Gasteiger charge is 2.33.